The highest BCUT2D eigenvalue weighted by Gasteiger charge is 2.87. The molecule has 1 aromatic heterocycles. The number of esters is 1. The van der Waals surface area contributed by atoms with E-state index in [1.807, 2.05) is 30.3 Å². The smallest absolute Gasteiger partial charge is 0.318 e. The summed E-state index contributed by atoms with van der Waals surface area (Å²) in [6.45, 7) is 10.4. The number of allylic oxidation sites excluding steroid dienone is 1. The fourth-order valence-corrected chi connectivity index (χ4v) is 10.7. The minimum Gasteiger partial charge on any atom is -0.463 e. The van der Waals surface area contributed by atoms with Crippen molar-refractivity contribution in [2.75, 3.05) is 20.3 Å². The number of rotatable bonds is 10. The third-order valence-corrected chi connectivity index (χ3v) is 12.2. The monoisotopic (exact) mass is 588 g/mol. The zero-order chi connectivity index (χ0) is 30.0. The number of benzene rings is 1. The van der Waals surface area contributed by atoms with Crippen molar-refractivity contribution in [2.24, 2.45) is 40.4 Å². The third-order valence-electron chi connectivity index (χ3n) is 12.2. The lowest BCUT2D eigenvalue weighted by Gasteiger charge is -2.61. The van der Waals surface area contributed by atoms with Crippen molar-refractivity contribution in [3.05, 3.63) is 71.2 Å². The predicted octanol–water partition coefficient (Wildman–Crippen LogP) is 7.78. The molecule has 8 atom stereocenters. The van der Waals surface area contributed by atoms with E-state index in [1.165, 1.54) is 5.57 Å². The summed E-state index contributed by atoms with van der Waals surface area (Å²) in [4.78, 5) is 15.4. The summed E-state index contributed by atoms with van der Waals surface area (Å²) in [7, 11) is 1.76. The number of furan rings is 1. The van der Waals surface area contributed by atoms with E-state index in [0.717, 1.165) is 55.6 Å². The average molecular weight is 589 g/mol. The first-order valence-electron chi connectivity index (χ1n) is 16.6. The van der Waals surface area contributed by atoms with Crippen LogP contribution in [0.1, 0.15) is 89.4 Å². The van der Waals surface area contributed by atoms with Gasteiger partial charge in [0.15, 0.2) is 6.29 Å². The minimum atomic E-state index is -0.948. The second kappa shape index (κ2) is 10.9. The molecule has 2 heterocycles. The van der Waals surface area contributed by atoms with Crippen LogP contribution in [0.3, 0.4) is 0 Å². The number of methoxy groups -OCH3 is 1. The first-order valence-corrected chi connectivity index (χ1v) is 16.6. The van der Waals surface area contributed by atoms with Gasteiger partial charge in [0, 0.05) is 12.5 Å². The summed E-state index contributed by atoms with van der Waals surface area (Å²) in [6.07, 6.45) is 7.77. The average Bonchev–Trinajstić information content (AvgIpc) is 3.84. The van der Waals surface area contributed by atoms with Crippen molar-refractivity contribution in [3.63, 3.8) is 0 Å². The van der Waals surface area contributed by atoms with Gasteiger partial charge in [-0.15, -0.1) is 0 Å². The zero-order valence-electron chi connectivity index (χ0n) is 26.5. The first kappa shape index (κ1) is 29.3. The van der Waals surface area contributed by atoms with Crippen LogP contribution in [-0.4, -0.2) is 32.6 Å². The third kappa shape index (κ3) is 3.85. The molecule has 232 valence electrons. The Morgan fingerprint density at radius 1 is 1.05 bits per heavy atom. The van der Waals surface area contributed by atoms with E-state index in [1.54, 1.807) is 7.11 Å². The quantitative estimate of drug-likeness (QED) is 0.209. The summed E-state index contributed by atoms with van der Waals surface area (Å²) in [5.41, 5.74) is 0.135. The SMILES string of the molecule is CCCC(OC)c1ccc(C23C[C@@H]4[C@H](C)CC[C@H]4C4(C5OCCO5)CC2C=C(C(C)C)C34C(=O)OCc2ccccc2)o1. The predicted molar refractivity (Wildman–Crippen MR) is 163 cm³/mol. The molecule has 6 heteroatoms. The van der Waals surface area contributed by atoms with E-state index in [0.29, 0.717) is 31.0 Å². The highest BCUT2D eigenvalue weighted by Crippen LogP contribution is 2.84. The van der Waals surface area contributed by atoms with Gasteiger partial charge in [0.25, 0.3) is 0 Å². The van der Waals surface area contributed by atoms with Crippen molar-refractivity contribution in [1.29, 1.82) is 0 Å². The van der Waals surface area contributed by atoms with Gasteiger partial charge in [0.2, 0.25) is 0 Å². The Labute approximate surface area is 256 Å². The van der Waals surface area contributed by atoms with Crippen LogP contribution < -0.4 is 0 Å². The maximum absolute atomic E-state index is 15.4. The summed E-state index contributed by atoms with van der Waals surface area (Å²) in [5.74, 6) is 3.24. The maximum Gasteiger partial charge on any atom is 0.318 e. The van der Waals surface area contributed by atoms with Crippen molar-refractivity contribution >= 4 is 5.97 Å². The van der Waals surface area contributed by atoms with Crippen LogP contribution in [0.2, 0.25) is 0 Å². The van der Waals surface area contributed by atoms with E-state index in [9.17, 15) is 0 Å². The molecule has 1 saturated heterocycles. The second-order valence-corrected chi connectivity index (χ2v) is 14.2. The molecule has 6 nitrogen and oxygen atoms in total. The molecule has 0 N–H and O–H groups in total. The number of hydrogen-bond donors (Lipinski definition) is 0. The highest BCUT2D eigenvalue weighted by molar-refractivity contribution is 5.88. The van der Waals surface area contributed by atoms with Gasteiger partial charge in [0.1, 0.15) is 29.6 Å². The van der Waals surface area contributed by atoms with Crippen molar-refractivity contribution in [3.8, 4) is 0 Å². The first-order chi connectivity index (χ1) is 20.8. The topological polar surface area (TPSA) is 67.1 Å². The minimum absolute atomic E-state index is 0.110. The Kier molecular flexibility index (Phi) is 7.42. The Morgan fingerprint density at radius 2 is 1.81 bits per heavy atom. The molecule has 43 heavy (non-hydrogen) atoms. The van der Waals surface area contributed by atoms with E-state index in [-0.39, 0.29) is 30.5 Å². The number of carbonyl (C=O) groups excluding carboxylic acids is 1. The fourth-order valence-electron chi connectivity index (χ4n) is 10.7. The van der Waals surface area contributed by atoms with Crippen LogP contribution in [0.25, 0.3) is 0 Å². The Morgan fingerprint density at radius 3 is 2.51 bits per heavy atom. The molecule has 5 aliphatic rings. The zero-order valence-corrected chi connectivity index (χ0v) is 26.5. The molecule has 3 saturated carbocycles. The number of hydrogen-bond acceptors (Lipinski definition) is 6. The lowest BCUT2D eigenvalue weighted by atomic mass is 9.41. The molecule has 1 aliphatic heterocycles. The molecule has 0 amide bonds. The second-order valence-electron chi connectivity index (χ2n) is 14.2. The van der Waals surface area contributed by atoms with Gasteiger partial charge in [-0.3, -0.25) is 4.79 Å². The van der Waals surface area contributed by atoms with Gasteiger partial charge in [0.05, 0.1) is 18.6 Å². The summed E-state index contributed by atoms with van der Waals surface area (Å²) in [6, 6.07) is 14.3. The number of carbonyl (C=O) groups is 1. The van der Waals surface area contributed by atoms with Crippen LogP contribution in [0.5, 0.6) is 0 Å². The van der Waals surface area contributed by atoms with Gasteiger partial charge < -0.3 is 23.4 Å². The molecule has 4 bridgehead atoms. The van der Waals surface area contributed by atoms with E-state index in [2.05, 4.69) is 45.9 Å². The molecule has 7 rings (SSSR count). The largest absolute Gasteiger partial charge is 0.463 e. The van der Waals surface area contributed by atoms with Crippen LogP contribution in [-0.2, 0) is 35.8 Å². The molecule has 4 fully saturated rings. The normalized spacial score (nSPS) is 37.1. The van der Waals surface area contributed by atoms with E-state index >= 15 is 4.79 Å². The lowest BCUT2D eigenvalue weighted by molar-refractivity contribution is -0.235. The molecule has 5 unspecified atom stereocenters. The Bertz CT molecular complexity index is 1360. The molecule has 2 aromatic rings. The molecular weight excluding hydrogens is 540 g/mol. The lowest BCUT2D eigenvalue weighted by Crippen LogP contribution is -2.67. The molecule has 1 aromatic carbocycles. The van der Waals surface area contributed by atoms with Gasteiger partial charge in [-0.25, -0.2) is 0 Å². The van der Waals surface area contributed by atoms with Gasteiger partial charge in [-0.05, 0) is 73.0 Å². The van der Waals surface area contributed by atoms with Crippen LogP contribution in [0.15, 0.2) is 58.5 Å². The van der Waals surface area contributed by atoms with Crippen molar-refractivity contribution in [1.82, 2.24) is 0 Å². The standard InChI is InChI=1S/C37H48O6/c1-6-10-30(39-5)31-15-16-32(43-31)35-21-27-24(4)13-14-28(27)36(34-40-17-18-41-34)20-26(35)19-29(23(2)3)37(35,36)33(38)42-22-25-11-8-7-9-12-25/h7-9,11-12,15-16,19,23-24,26-28,30,34H,6,10,13-14,17-18,20-22H2,1-5H3/t24-,26?,27-,28-,30?,35?,36?,37?/m1/s1. The van der Waals surface area contributed by atoms with Gasteiger partial charge in [-0.2, -0.15) is 0 Å². The van der Waals surface area contributed by atoms with Crippen LogP contribution in [0, 0.1) is 40.4 Å². The highest BCUT2D eigenvalue weighted by atomic mass is 16.7. The number of fused-ring (bicyclic) bond motifs is 2. The van der Waals surface area contributed by atoms with Crippen molar-refractivity contribution < 1.29 is 28.2 Å². The molecule has 0 radical (unpaired) electrons. The van der Waals surface area contributed by atoms with Gasteiger partial charge >= 0.3 is 5.97 Å². The van der Waals surface area contributed by atoms with Crippen LogP contribution in [0.4, 0.5) is 0 Å². The Hall–Kier alpha value is -2.41. The molecular formula is C37H48O6. The van der Waals surface area contributed by atoms with Crippen LogP contribution >= 0.6 is 0 Å². The molecule has 0 spiro atoms. The van der Waals surface area contributed by atoms with Gasteiger partial charge in [-0.1, -0.05) is 82.5 Å². The summed E-state index contributed by atoms with van der Waals surface area (Å²) >= 11 is 0. The van der Waals surface area contributed by atoms with E-state index < -0.39 is 22.5 Å². The summed E-state index contributed by atoms with van der Waals surface area (Å²) < 4.78 is 32.4. The van der Waals surface area contributed by atoms with E-state index in [4.69, 9.17) is 23.4 Å². The maximum atomic E-state index is 15.4. The van der Waals surface area contributed by atoms with Crippen molar-refractivity contribution in [2.45, 2.75) is 90.6 Å². The number of ether oxygens (including phenoxy) is 4. The molecule has 4 aliphatic carbocycles. The summed E-state index contributed by atoms with van der Waals surface area (Å²) in [5, 5.41) is 0. The Balaban J connectivity index is 1.45. The fraction of sp³-hybridized carbons (Fsp3) is 0.649.